The summed E-state index contributed by atoms with van der Waals surface area (Å²) in [5, 5.41) is 0. The maximum absolute atomic E-state index is 12.5. The minimum Gasteiger partial charge on any atom is -0.368 e. The van der Waals surface area contributed by atoms with E-state index in [2.05, 4.69) is 4.98 Å². The van der Waals surface area contributed by atoms with Crippen molar-refractivity contribution in [1.29, 1.82) is 0 Å². The highest BCUT2D eigenvalue weighted by molar-refractivity contribution is 5.84. The van der Waals surface area contributed by atoms with Crippen LogP contribution in [-0.4, -0.2) is 24.6 Å². The van der Waals surface area contributed by atoms with Gasteiger partial charge in [0, 0.05) is 14.1 Å². The van der Waals surface area contributed by atoms with E-state index in [1.165, 1.54) is 29.6 Å². The van der Waals surface area contributed by atoms with Crippen molar-refractivity contribution in [2.45, 2.75) is 6.04 Å². The number of fused-ring (bicyclic) bond motifs is 1. The number of aromatic nitrogens is 4. The van der Waals surface area contributed by atoms with Gasteiger partial charge in [0.25, 0.3) is 5.56 Å². The lowest BCUT2D eigenvalue weighted by Crippen LogP contribution is -2.38. The van der Waals surface area contributed by atoms with Crippen molar-refractivity contribution in [3.63, 3.8) is 0 Å². The molecule has 1 atom stereocenters. The van der Waals surface area contributed by atoms with Gasteiger partial charge in [0.2, 0.25) is 5.91 Å². The van der Waals surface area contributed by atoms with Crippen LogP contribution in [0.2, 0.25) is 0 Å². The van der Waals surface area contributed by atoms with Gasteiger partial charge in [-0.2, -0.15) is 0 Å². The standard InChI is InChI=1S/C15H15N5O3/c1-18-13-11(14(22)19(2)15(18)23)20(8-17-13)10(12(16)21)9-6-4-3-5-7-9/h3-8,10H,1-2H3,(H2,16,21). The van der Waals surface area contributed by atoms with Crippen LogP contribution >= 0.6 is 0 Å². The Morgan fingerprint density at radius 2 is 1.78 bits per heavy atom. The Hall–Kier alpha value is -3.16. The number of hydrogen-bond acceptors (Lipinski definition) is 4. The maximum Gasteiger partial charge on any atom is 0.332 e. The minimum absolute atomic E-state index is 0.155. The highest BCUT2D eigenvalue weighted by Gasteiger charge is 2.24. The number of nitrogens with zero attached hydrogens (tertiary/aromatic N) is 4. The monoisotopic (exact) mass is 313 g/mol. The molecule has 118 valence electrons. The summed E-state index contributed by atoms with van der Waals surface area (Å²) in [6.07, 6.45) is 1.36. The third-order valence-corrected chi connectivity index (χ3v) is 3.84. The van der Waals surface area contributed by atoms with Crippen molar-refractivity contribution in [3.8, 4) is 0 Å². The van der Waals surface area contributed by atoms with E-state index in [1.807, 2.05) is 6.07 Å². The zero-order valence-corrected chi connectivity index (χ0v) is 12.6. The van der Waals surface area contributed by atoms with Gasteiger partial charge < -0.3 is 10.3 Å². The van der Waals surface area contributed by atoms with Crippen LogP contribution < -0.4 is 17.0 Å². The number of nitrogens with two attached hydrogens (primary N) is 1. The molecule has 0 radical (unpaired) electrons. The van der Waals surface area contributed by atoms with Gasteiger partial charge in [-0.15, -0.1) is 0 Å². The maximum atomic E-state index is 12.5. The Bertz CT molecular complexity index is 1010. The van der Waals surface area contributed by atoms with Crippen LogP contribution in [0.15, 0.2) is 46.2 Å². The Kier molecular flexibility index (Phi) is 3.36. The first-order valence-corrected chi connectivity index (χ1v) is 6.90. The lowest BCUT2D eigenvalue weighted by Gasteiger charge is -2.16. The van der Waals surface area contributed by atoms with Crippen LogP contribution in [0.25, 0.3) is 11.2 Å². The topological polar surface area (TPSA) is 105 Å². The molecular formula is C15H15N5O3. The van der Waals surface area contributed by atoms with E-state index in [-0.39, 0.29) is 11.2 Å². The quantitative estimate of drug-likeness (QED) is 0.704. The molecule has 0 aliphatic carbocycles. The van der Waals surface area contributed by atoms with Gasteiger partial charge in [-0.05, 0) is 5.56 Å². The number of imidazole rings is 1. The van der Waals surface area contributed by atoms with Crippen molar-refractivity contribution >= 4 is 17.1 Å². The number of carbonyl (C=O) groups excluding carboxylic acids is 1. The molecule has 1 unspecified atom stereocenters. The van der Waals surface area contributed by atoms with Crippen molar-refractivity contribution < 1.29 is 4.79 Å². The number of amides is 1. The summed E-state index contributed by atoms with van der Waals surface area (Å²) in [5.41, 5.74) is 5.53. The van der Waals surface area contributed by atoms with Gasteiger partial charge in [0.15, 0.2) is 11.2 Å². The molecule has 0 fully saturated rings. The number of hydrogen-bond donors (Lipinski definition) is 1. The third-order valence-electron chi connectivity index (χ3n) is 3.84. The Labute approximate surface area is 130 Å². The van der Waals surface area contributed by atoms with E-state index in [0.717, 1.165) is 4.57 Å². The molecular weight excluding hydrogens is 298 g/mol. The first kappa shape index (κ1) is 14.8. The van der Waals surface area contributed by atoms with Crippen LogP contribution in [0.4, 0.5) is 0 Å². The van der Waals surface area contributed by atoms with E-state index in [0.29, 0.717) is 5.56 Å². The number of rotatable bonds is 3. The zero-order chi connectivity index (χ0) is 16.7. The fourth-order valence-electron chi connectivity index (χ4n) is 2.66. The van der Waals surface area contributed by atoms with Crippen LogP contribution in [0.3, 0.4) is 0 Å². The average molecular weight is 313 g/mol. The van der Waals surface area contributed by atoms with Crippen molar-refractivity contribution in [1.82, 2.24) is 18.7 Å². The van der Waals surface area contributed by atoms with Gasteiger partial charge >= 0.3 is 5.69 Å². The second-order valence-corrected chi connectivity index (χ2v) is 5.25. The summed E-state index contributed by atoms with van der Waals surface area (Å²) in [6, 6.07) is 7.97. The van der Waals surface area contributed by atoms with Crippen LogP contribution in [0.1, 0.15) is 11.6 Å². The molecule has 3 aromatic rings. The first-order chi connectivity index (χ1) is 10.9. The van der Waals surface area contributed by atoms with Crippen LogP contribution in [0, 0.1) is 0 Å². The highest BCUT2D eigenvalue weighted by Crippen LogP contribution is 2.21. The molecule has 8 heteroatoms. The van der Waals surface area contributed by atoms with Gasteiger partial charge in [-0.1, -0.05) is 30.3 Å². The molecule has 1 amide bonds. The summed E-state index contributed by atoms with van der Waals surface area (Å²) in [4.78, 5) is 40.6. The van der Waals surface area contributed by atoms with Crippen LogP contribution in [-0.2, 0) is 18.9 Å². The van der Waals surface area contributed by atoms with E-state index < -0.39 is 23.2 Å². The van der Waals surface area contributed by atoms with Gasteiger partial charge in [-0.25, -0.2) is 9.78 Å². The summed E-state index contributed by atoms with van der Waals surface area (Å²) < 4.78 is 3.65. The van der Waals surface area contributed by atoms with E-state index in [1.54, 1.807) is 24.3 Å². The fourth-order valence-corrected chi connectivity index (χ4v) is 2.66. The normalized spacial score (nSPS) is 12.4. The SMILES string of the molecule is Cn1c(=O)c2c(ncn2C(C(N)=O)c2ccccc2)n(C)c1=O. The Morgan fingerprint density at radius 3 is 2.39 bits per heavy atom. The first-order valence-electron chi connectivity index (χ1n) is 6.90. The van der Waals surface area contributed by atoms with Gasteiger partial charge in [0.05, 0.1) is 6.33 Å². The number of aryl methyl sites for hydroxylation is 1. The second-order valence-electron chi connectivity index (χ2n) is 5.25. The molecule has 0 aliphatic heterocycles. The van der Waals surface area contributed by atoms with Crippen molar-refractivity contribution in [2.75, 3.05) is 0 Å². The van der Waals surface area contributed by atoms with E-state index in [4.69, 9.17) is 5.73 Å². The predicted octanol–water partition coefficient (Wildman–Crippen LogP) is -0.492. The summed E-state index contributed by atoms with van der Waals surface area (Å²) in [7, 11) is 2.90. The number of carbonyl (C=O) groups is 1. The lowest BCUT2D eigenvalue weighted by atomic mass is 10.1. The van der Waals surface area contributed by atoms with Crippen molar-refractivity contribution in [2.24, 2.45) is 19.8 Å². The van der Waals surface area contributed by atoms with Crippen LogP contribution in [0.5, 0.6) is 0 Å². The Balaban J connectivity index is 2.38. The molecule has 0 saturated carbocycles. The molecule has 1 aromatic carbocycles. The third kappa shape index (κ3) is 2.15. The second kappa shape index (κ2) is 5.24. The molecule has 0 spiro atoms. The summed E-state index contributed by atoms with van der Waals surface area (Å²) in [5.74, 6) is -0.619. The lowest BCUT2D eigenvalue weighted by molar-refractivity contribution is -0.120. The van der Waals surface area contributed by atoms with Gasteiger partial charge in [0.1, 0.15) is 6.04 Å². The smallest absolute Gasteiger partial charge is 0.332 e. The molecule has 23 heavy (non-hydrogen) atoms. The van der Waals surface area contributed by atoms with E-state index >= 15 is 0 Å². The van der Waals surface area contributed by atoms with Crippen molar-refractivity contribution in [3.05, 3.63) is 63.1 Å². The molecule has 2 heterocycles. The predicted molar refractivity (Wildman–Crippen MR) is 84.0 cm³/mol. The molecule has 0 bridgehead atoms. The molecule has 0 aliphatic rings. The molecule has 2 aromatic heterocycles. The summed E-state index contributed by atoms with van der Waals surface area (Å²) >= 11 is 0. The molecule has 2 N–H and O–H groups in total. The summed E-state index contributed by atoms with van der Waals surface area (Å²) in [6.45, 7) is 0. The number of benzene rings is 1. The largest absolute Gasteiger partial charge is 0.368 e. The highest BCUT2D eigenvalue weighted by atomic mass is 16.2. The van der Waals surface area contributed by atoms with Gasteiger partial charge in [-0.3, -0.25) is 18.7 Å². The number of primary amides is 1. The molecule has 0 saturated heterocycles. The fraction of sp³-hybridized carbons (Fsp3) is 0.200. The minimum atomic E-state index is -0.883. The average Bonchev–Trinajstić information content (AvgIpc) is 2.96. The Morgan fingerprint density at radius 1 is 1.13 bits per heavy atom. The molecule has 3 rings (SSSR count). The van der Waals surface area contributed by atoms with E-state index in [9.17, 15) is 14.4 Å². The molecule has 8 nitrogen and oxygen atoms in total. The zero-order valence-electron chi connectivity index (χ0n) is 12.6.